The molecule has 0 bridgehead atoms. The van der Waals surface area contributed by atoms with Crippen molar-refractivity contribution in [2.75, 3.05) is 7.11 Å². The molecule has 0 aliphatic carbocycles. The van der Waals surface area contributed by atoms with E-state index in [4.69, 9.17) is 10.6 Å². The Morgan fingerprint density at radius 2 is 1.88 bits per heavy atom. The van der Waals surface area contributed by atoms with Gasteiger partial charge >= 0.3 is 0 Å². The molecule has 3 nitrogen and oxygen atoms in total. The number of nitrogens with two attached hydrogens (primary N) is 1. The number of methoxy groups -OCH3 is 1. The van der Waals surface area contributed by atoms with E-state index < -0.39 is 0 Å². The highest BCUT2D eigenvalue weighted by molar-refractivity contribution is 5.26. The molecule has 3 N–H and O–H groups in total. The second-order valence-corrected chi connectivity index (χ2v) is 4.90. The molecule has 3 heteroatoms. The number of rotatable bonds is 6. The van der Waals surface area contributed by atoms with Crippen LogP contribution in [-0.4, -0.2) is 12.7 Å². The van der Waals surface area contributed by atoms with Crippen molar-refractivity contribution in [3.05, 3.63) is 35.4 Å². The van der Waals surface area contributed by atoms with Gasteiger partial charge in [-0.3, -0.25) is 11.3 Å². The van der Waals surface area contributed by atoms with E-state index in [1.807, 2.05) is 13.8 Å². The molecule has 0 saturated carbocycles. The molecular weight excluding hydrogens is 212 g/mol. The molecule has 0 radical (unpaired) electrons. The minimum Gasteiger partial charge on any atom is -0.377 e. The highest BCUT2D eigenvalue weighted by Gasteiger charge is 2.29. The smallest absolute Gasteiger partial charge is 0.0829 e. The van der Waals surface area contributed by atoms with Crippen LogP contribution in [0.1, 0.15) is 44.4 Å². The molecule has 0 fully saturated rings. The van der Waals surface area contributed by atoms with Gasteiger partial charge in [-0.15, -0.1) is 0 Å². The van der Waals surface area contributed by atoms with E-state index in [2.05, 4.69) is 36.6 Å². The van der Waals surface area contributed by atoms with E-state index in [1.54, 1.807) is 7.11 Å². The largest absolute Gasteiger partial charge is 0.377 e. The maximum absolute atomic E-state index is 5.63. The fourth-order valence-corrected chi connectivity index (χ4v) is 1.98. The third kappa shape index (κ3) is 3.53. The summed E-state index contributed by atoms with van der Waals surface area (Å²) in [6.07, 6.45) is 2.29. The highest BCUT2D eigenvalue weighted by Crippen LogP contribution is 2.27. The maximum atomic E-state index is 5.63. The van der Waals surface area contributed by atoms with Crippen molar-refractivity contribution >= 4 is 0 Å². The predicted molar refractivity (Wildman–Crippen MR) is 71.6 cm³/mol. The van der Waals surface area contributed by atoms with Gasteiger partial charge in [-0.1, -0.05) is 37.6 Å². The Hall–Kier alpha value is -0.900. The lowest BCUT2D eigenvalue weighted by Gasteiger charge is -2.33. The summed E-state index contributed by atoms with van der Waals surface area (Å²) in [5, 5.41) is 0. The SMILES string of the molecule is CCCc1ccc(C(NN)C(C)(C)OC)cc1. The predicted octanol–water partition coefficient (Wildman–Crippen LogP) is 2.57. The van der Waals surface area contributed by atoms with Gasteiger partial charge in [-0.05, 0) is 31.4 Å². The summed E-state index contributed by atoms with van der Waals surface area (Å²) in [6.45, 7) is 6.24. The van der Waals surface area contributed by atoms with Crippen molar-refractivity contribution in [2.45, 2.75) is 45.3 Å². The molecule has 0 saturated heterocycles. The second-order valence-electron chi connectivity index (χ2n) is 4.90. The Labute approximate surface area is 104 Å². The summed E-state index contributed by atoms with van der Waals surface area (Å²) in [5.41, 5.74) is 5.02. The van der Waals surface area contributed by atoms with E-state index in [0.717, 1.165) is 12.0 Å². The Kier molecular flexibility index (Phi) is 5.12. The lowest BCUT2D eigenvalue weighted by molar-refractivity contribution is -0.0111. The molecule has 96 valence electrons. The molecule has 1 aromatic rings. The van der Waals surface area contributed by atoms with Gasteiger partial charge in [-0.2, -0.15) is 0 Å². The van der Waals surface area contributed by atoms with E-state index >= 15 is 0 Å². The summed E-state index contributed by atoms with van der Waals surface area (Å²) >= 11 is 0. The number of aryl methyl sites for hydroxylation is 1. The van der Waals surface area contributed by atoms with Crippen LogP contribution in [0.2, 0.25) is 0 Å². The zero-order valence-electron chi connectivity index (χ0n) is 11.3. The summed E-state index contributed by atoms with van der Waals surface area (Å²) in [6, 6.07) is 8.55. The first-order chi connectivity index (χ1) is 8.05. The minimum atomic E-state index is -0.332. The molecule has 0 aromatic heterocycles. The van der Waals surface area contributed by atoms with Crippen LogP contribution in [0.5, 0.6) is 0 Å². The van der Waals surface area contributed by atoms with Crippen LogP contribution in [0.15, 0.2) is 24.3 Å². The van der Waals surface area contributed by atoms with Gasteiger partial charge < -0.3 is 4.74 Å². The van der Waals surface area contributed by atoms with Crippen LogP contribution in [0, 0.1) is 0 Å². The Bertz CT molecular complexity index is 333. The lowest BCUT2D eigenvalue weighted by Crippen LogP contribution is -2.43. The molecule has 0 aliphatic rings. The summed E-state index contributed by atoms with van der Waals surface area (Å²) in [7, 11) is 1.70. The van der Waals surface area contributed by atoms with Crippen molar-refractivity contribution in [1.82, 2.24) is 5.43 Å². The molecule has 0 spiro atoms. The molecular formula is C14H24N2O. The van der Waals surface area contributed by atoms with Crippen LogP contribution in [-0.2, 0) is 11.2 Å². The van der Waals surface area contributed by atoms with Crippen molar-refractivity contribution in [2.24, 2.45) is 5.84 Å². The number of benzene rings is 1. The molecule has 0 aliphatic heterocycles. The van der Waals surface area contributed by atoms with Crippen molar-refractivity contribution in [1.29, 1.82) is 0 Å². The van der Waals surface area contributed by atoms with Gasteiger partial charge in [0.25, 0.3) is 0 Å². The van der Waals surface area contributed by atoms with E-state index in [1.165, 1.54) is 12.0 Å². The molecule has 1 unspecified atom stereocenters. The number of ether oxygens (including phenoxy) is 1. The van der Waals surface area contributed by atoms with E-state index in [0.29, 0.717) is 0 Å². The number of hydrogen-bond donors (Lipinski definition) is 2. The van der Waals surface area contributed by atoms with Crippen LogP contribution in [0.4, 0.5) is 0 Å². The van der Waals surface area contributed by atoms with Gasteiger partial charge in [0.15, 0.2) is 0 Å². The standard InChI is InChI=1S/C14H24N2O/c1-5-6-11-7-9-12(10-8-11)13(16-15)14(2,3)17-4/h7-10,13,16H,5-6,15H2,1-4H3. The maximum Gasteiger partial charge on any atom is 0.0829 e. The summed E-state index contributed by atoms with van der Waals surface area (Å²) in [4.78, 5) is 0. The summed E-state index contributed by atoms with van der Waals surface area (Å²) < 4.78 is 5.48. The van der Waals surface area contributed by atoms with Gasteiger partial charge in [0, 0.05) is 7.11 Å². The molecule has 17 heavy (non-hydrogen) atoms. The third-order valence-corrected chi connectivity index (χ3v) is 3.24. The van der Waals surface area contributed by atoms with E-state index in [-0.39, 0.29) is 11.6 Å². The average molecular weight is 236 g/mol. The molecule has 1 aromatic carbocycles. The normalized spacial score (nSPS) is 13.7. The molecule has 1 atom stereocenters. The van der Waals surface area contributed by atoms with Crippen LogP contribution in [0.3, 0.4) is 0 Å². The van der Waals surface area contributed by atoms with Crippen LogP contribution in [0.25, 0.3) is 0 Å². The third-order valence-electron chi connectivity index (χ3n) is 3.24. The molecule has 0 heterocycles. The Balaban J connectivity index is 2.89. The fraction of sp³-hybridized carbons (Fsp3) is 0.571. The van der Waals surface area contributed by atoms with Gasteiger partial charge in [-0.25, -0.2) is 0 Å². The highest BCUT2D eigenvalue weighted by atomic mass is 16.5. The van der Waals surface area contributed by atoms with E-state index in [9.17, 15) is 0 Å². The first-order valence-corrected chi connectivity index (χ1v) is 6.15. The van der Waals surface area contributed by atoms with Crippen LogP contribution >= 0.6 is 0 Å². The van der Waals surface area contributed by atoms with Crippen molar-refractivity contribution in [3.63, 3.8) is 0 Å². The topological polar surface area (TPSA) is 47.3 Å². The fourth-order valence-electron chi connectivity index (χ4n) is 1.98. The number of nitrogens with one attached hydrogen (secondary N) is 1. The number of hydrogen-bond acceptors (Lipinski definition) is 3. The lowest BCUT2D eigenvalue weighted by atomic mass is 9.91. The van der Waals surface area contributed by atoms with Crippen molar-refractivity contribution < 1.29 is 4.74 Å². The van der Waals surface area contributed by atoms with Crippen LogP contribution < -0.4 is 11.3 Å². The molecule has 0 amide bonds. The van der Waals surface area contributed by atoms with Gasteiger partial charge in [0.1, 0.15) is 0 Å². The zero-order chi connectivity index (χ0) is 12.9. The quantitative estimate of drug-likeness (QED) is 0.589. The molecule has 1 rings (SSSR count). The van der Waals surface area contributed by atoms with Gasteiger partial charge in [0.05, 0.1) is 11.6 Å². The number of hydrazine groups is 1. The Morgan fingerprint density at radius 1 is 1.29 bits per heavy atom. The summed E-state index contributed by atoms with van der Waals surface area (Å²) in [5.74, 6) is 5.63. The Morgan fingerprint density at radius 3 is 2.29 bits per heavy atom. The monoisotopic (exact) mass is 236 g/mol. The second kappa shape index (κ2) is 6.15. The first kappa shape index (κ1) is 14.2. The first-order valence-electron chi connectivity index (χ1n) is 6.15. The van der Waals surface area contributed by atoms with Gasteiger partial charge in [0.2, 0.25) is 0 Å². The average Bonchev–Trinajstić information content (AvgIpc) is 2.32. The zero-order valence-corrected chi connectivity index (χ0v) is 11.3. The van der Waals surface area contributed by atoms with Crippen molar-refractivity contribution in [3.8, 4) is 0 Å². The minimum absolute atomic E-state index is 0.0109.